The first-order valence-electron chi connectivity index (χ1n) is 8.46. The number of nitrogens with zero attached hydrogens (tertiary/aromatic N) is 2. The van der Waals surface area contributed by atoms with Crippen LogP contribution in [0, 0.1) is 0 Å². The summed E-state index contributed by atoms with van der Waals surface area (Å²) in [7, 11) is 0. The van der Waals surface area contributed by atoms with E-state index < -0.39 is 0 Å². The van der Waals surface area contributed by atoms with E-state index in [0.717, 1.165) is 40.7 Å². The minimum Gasteiger partial charge on any atom is -0.493 e. The normalized spacial score (nSPS) is 16.1. The fourth-order valence-electron chi connectivity index (χ4n) is 3.79. The number of rotatable bonds is 4. The molecule has 1 atom stereocenters. The predicted molar refractivity (Wildman–Crippen MR) is 102 cm³/mol. The van der Waals surface area contributed by atoms with E-state index in [2.05, 4.69) is 20.1 Å². The van der Waals surface area contributed by atoms with Gasteiger partial charge < -0.3 is 14.6 Å². The molecule has 3 aromatic rings. The Morgan fingerprint density at radius 1 is 1.50 bits per heavy atom. The van der Waals surface area contributed by atoms with Crippen molar-refractivity contribution in [3.8, 4) is 16.9 Å². The number of hydrogen-bond donors (Lipinski definition) is 2. The Morgan fingerprint density at radius 3 is 2.96 bits per heavy atom. The Labute approximate surface area is 160 Å². The van der Waals surface area contributed by atoms with Gasteiger partial charge in [0.2, 0.25) is 5.91 Å². The number of nitrogens with one attached hydrogen (secondary N) is 2. The Bertz CT molecular complexity index is 995. The van der Waals surface area contributed by atoms with Gasteiger partial charge in [-0.15, -0.1) is 0 Å². The molecule has 1 amide bonds. The molecule has 0 unspecified atom stereocenters. The molecule has 3 heterocycles. The number of amides is 1. The van der Waals surface area contributed by atoms with Crippen LogP contribution in [0.15, 0.2) is 18.5 Å². The highest BCUT2D eigenvalue weighted by Gasteiger charge is 2.34. The van der Waals surface area contributed by atoms with E-state index in [9.17, 15) is 4.79 Å². The largest absolute Gasteiger partial charge is 0.493 e. The molecule has 1 aliphatic heterocycles. The quantitative estimate of drug-likeness (QED) is 0.694. The highest BCUT2D eigenvalue weighted by molar-refractivity contribution is 6.45. The number of benzene rings is 1. The average molecular weight is 393 g/mol. The first-order chi connectivity index (χ1) is 12.5. The standard InChI is InChI=1S/C18H18Cl2N4O2/c1-3-26-13-6-11(19)16(20)18-15(13)14(10-7-21-22-8-10)17-12(23-9(2)25)4-5-24(17)18/h6-8,12H,3-5H2,1-2H3,(H,21,22)(H,23,25)/t12-/m0/s1. The van der Waals surface area contributed by atoms with Crippen molar-refractivity contribution < 1.29 is 9.53 Å². The molecule has 2 N–H and O–H groups in total. The van der Waals surface area contributed by atoms with E-state index in [1.807, 2.05) is 13.1 Å². The number of aryl methyl sites for hydroxylation is 1. The van der Waals surface area contributed by atoms with Crippen LogP contribution in [-0.4, -0.2) is 27.3 Å². The van der Waals surface area contributed by atoms with Crippen molar-refractivity contribution in [2.75, 3.05) is 6.61 Å². The number of H-pyrrole nitrogens is 1. The van der Waals surface area contributed by atoms with Crippen molar-refractivity contribution in [3.63, 3.8) is 0 Å². The van der Waals surface area contributed by atoms with Crippen molar-refractivity contribution in [1.82, 2.24) is 20.1 Å². The third-order valence-electron chi connectivity index (χ3n) is 4.66. The summed E-state index contributed by atoms with van der Waals surface area (Å²) in [6, 6.07) is 1.65. The topological polar surface area (TPSA) is 71.9 Å². The van der Waals surface area contributed by atoms with Crippen molar-refractivity contribution in [2.24, 2.45) is 0 Å². The lowest BCUT2D eigenvalue weighted by Crippen LogP contribution is -2.24. The monoisotopic (exact) mass is 392 g/mol. The Balaban J connectivity index is 2.10. The van der Waals surface area contributed by atoms with Crippen LogP contribution in [0.2, 0.25) is 10.0 Å². The van der Waals surface area contributed by atoms with Crippen molar-refractivity contribution in [3.05, 3.63) is 34.2 Å². The zero-order valence-corrected chi connectivity index (χ0v) is 15.9. The van der Waals surface area contributed by atoms with Crippen LogP contribution in [0.5, 0.6) is 5.75 Å². The van der Waals surface area contributed by atoms with Gasteiger partial charge in [-0.3, -0.25) is 9.89 Å². The fraction of sp³-hybridized carbons (Fsp3) is 0.333. The molecule has 0 spiro atoms. The number of halogens is 2. The highest BCUT2D eigenvalue weighted by Crippen LogP contribution is 2.49. The molecular formula is C18H18Cl2N4O2. The van der Waals surface area contributed by atoms with Gasteiger partial charge in [-0.05, 0) is 13.3 Å². The molecule has 0 saturated heterocycles. The van der Waals surface area contributed by atoms with Gasteiger partial charge in [0.25, 0.3) is 0 Å². The maximum atomic E-state index is 11.7. The second-order valence-electron chi connectivity index (χ2n) is 6.27. The van der Waals surface area contributed by atoms with Crippen LogP contribution in [-0.2, 0) is 11.3 Å². The zero-order valence-electron chi connectivity index (χ0n) is 14.4. The second kappa shape index (κ2) is 6.52. The summed E-state index contributed by atoms with van der Waals surface area (Å²) in [5, 5.41) is 11.8. The summed E-state index contributed by atoms with van der Waals surface area (Å²) in [6.07, 6.45) is 4.39. The molecule has 8 heteroatoms. The van der Waals surface area contributed by atoms with Crippen molar-refractivity contribution in [1.29, 1.82) is 0 Å². The molecule has 0 fully saturated rings. The molecule has 136 valence electrons. The number of carbonyl (C=O) groups is 1. The van der Waals surface area contributed by atoms with Gasteiger partial charge in [-0.25, -0.2) is 0 Å². The van der Waals surface area contributed by atoms with Crippen molar-refractivity contribution >= 4 is 40.0 Å². The summed E-state index contributed by atoms with van der Waals surface area (Å²) in [5.74, 6) is 0.609. The predicted octanol–water partition coefficient (Wildman–Crippen LogP) is 4.32. The van der Waals surface area contributed by atoms with E-state index in [0.29, 0.717) is 22.4 Å². The molecule has 26 heavy (non-hydrogen) atoms. The summed E-state index contributed by atoms with van der Waals surface area (Å²) in [6.45, 7) is 4.70. The summed E-state index contributed by atoms with van der Waals surface area (Å²) in [4.78, 5) is 11.7. The minimum absolute atomic E-state index is 0.0685. The number of aromatic nitrogens is 3. The number of hydrogen-bond acceptors (Lipinski definition) is 3. The molecule has 0 aliphatic carbocycles. The summed E-state index contributed by atoms with van der Waals surface area (Å²) in [5.41, 5.74) is 3.72. The van der Waals surface area contributed by atoms with Crippen LogP contribution in [0.4, 0.5) is 0 Å². The van der Waals surface area contributed by atoms with Crippen LogP contribution < -0.4 is 10.1 Å². The van der Waals surface area contributed by atoms with Gasteiger partial charge >= 0.3 is 0 Å². The molecule has 0 bridgehead atoms. The van der Waals surface area contributed by atoms with Gasteiger partial charge in [0.15, 0.2) is 0 Å². The van der Waals surface area contributed by atoms with Gasteiger partial charge in [0.1, 0.15) is 5.75 Å². The lowest BCUT2D eigenvalue weighted by atomic mass is 10.00. The van der Waals surface area contributed by atoms with Gasteiger partial charge in [0, 0.05) is 42.6 Å². The Morgan fingerprint density at radius 2 is 2.31 bits per heavy atom. The van der Waals surface area contributed by atoms with E-state index in [-0.39, 0.29) is 11.9 Å². The molecule has 1 aromatic carbocycles. The molecule has 0 radical (unpaired) electrons. The maximum Gasteiger partial charge on any atom is 0.217 e. The third-order valence-corrected chi connectivity index (χ3v) is 5.44. The second-order valence-corrected chi connectivity index (χ2v) is 7.05. The first kappa shape index (κ1) is 17.2. The van der Waals surface area contributed by atoms with E-state index in [1.165, 1.54) is 6.92 Å². The molecule has 0 saturated carbocycles. The van der Waals surface area contributed by atoms with Gasteiger partial charge in [-0.2, -0.15) is 5.10 Å². The lowest BCUT2D eigenvalue weighted by Gasteiger charge is -2.14. The Kier molecular flexibility index (Phi) is 4.32. The summed E-state index contributed by atoms with van der Waals surface area (Å²) >= 11 is 13.0. The number of aromatic amines is 1. The lowest BCUT2D eigenvalue weighted by molar-refractivity contribution is -0.119. The smallest absolute Gasteiger partial charge is 0.217 e. The third kappa shape index (κ3) is 2.56. The Hall–Kier alpha value is -2.18. The molecular weight excluding hydrogens is 375 g/mol. The molecule has 6 nitrogen and oxygen atoms in total. The van der Waals surface area contributed by atoms with E-state index >= 15 is 0 Å². The van der Waals surface area contributed by atoms with Crippen LogP contribution in [0.1, 0.15) is 32.0 Å². The minimum atomic E-state index is -0.103. The number of fused-ring (bicyclic) bond motifs is 3. The molecule has 1 aliphatic rings. The average Bonchev–Trinajstić information content (AvgIpc) is 3.29. The fourth-order valence-corrected chi connectivity index (χ4v) is 4.23. The zero-order chi connectivity index (χ0) is 18.4. The SMILES string of the molecule is CCOc1cc(Cl)c(Cl)c2c1c(-c1cn[nH]c1)c1n2CC[C@@H]1NC(C)=O. The van der Waals surface area contributed by atoms with Crippen LogP contribution in [0.25, 0.3) is 22.0 Å². The number of ether oxygens (including phenoxy) is 1. The highest BCUT2D eigenvalue weighted by atomic mass is 35.5. The molecule has 2 aromatic heterocycles. The van der Waals surface area contributed by atoms with E-state index in [1.54, 1.807) is 12.3 Å². The van der Waals surface area contributed by atoms with Gasteiger partial charge in [-0.1, -0.05) is 23.2 Å². The maximum absolute atomic E-state index is 11.7. The van der Waals surface area contributed by atoms with Crippen molar-refractivity contribution in [2.45, 2.75) is 32.9 Å². The summed E-state index contributed by atoms with van der Waals surface area (Å²) < 4.78 is 8.01. The van der Waals surface area contributed by atoms with Gasteiger partial charge in [0.05, 0.1) is 39.8 Å². The first-order valence-corrected chi connectivity index (χ1v) is 9.21. The number of carbonyl (C=O) groups excluding carboxylic acids is 1. The van der Waals surface area contributed by atoms with E-state index in [4.69, 9.17) is 27.9 Å². The van der Waals surface area contributed by atoms with Crippen LogP contribution in [0.3, 0.4) is 0 Å². The molecule has 4 rings (SSSR count). The van der Waals surface area contributed by atoms with Crippen LogP contribution >= 0.6 is 23.2 Å².